The number of ether oxygens (including phenoxy) is 1. The van der Waals surface area contributed by atoms with Crippen LogP contribution < -0.4 is 10.1 Å². The number of carbonyl (C=O) groups is 1. The summed E-state index contributed by atoms with van der Waals surface area (Å²) >= 11 is 6.28. The molecule has 0 unspecified atom stereocenters. The second-order valence-corrected chi connectivity index (χ2v) is 7.45. The molecule has 0 atom stereocenters. The number of alkyl halides is 2. The lowest BCUT2D eigenvalue weighted by molar-refractivity contribution is -0.122. The molecule has 0 bridgehead atoms. The standard InChI is InChI=1S/C19H17ClF2N8O2/c1-19(21,22)9-15(31)24-14-8-3-5-11(23-14)10-32-18-25-16-12(20)6-4-7-13(16)30(18)17-26-27-28-29(17)2/h3-8H,9-10H2,1-2H3,(H,23,24,31). The molecule has 0 fully saturated rings. The number of hydrogen-bond donors (Lipinski definition) is 1. The van der Waals surface area contributed by atoms with E-state index in [1.165, 1.54) is 10.7 Å². The molecule has 166 valence electrons. The molecule has 0 saturated carbocycles. The quantitative estimate of drug-likeness (QED) is 0.449. The summed E-state index contributed by atoms with van der Waals surface area (Å²) in [7, 11) is 1.67. The van der Waals surface area contributed by atoms with Crippen molar-refractivity contribution in [1.29, 1.82) is 0 Å². The molecule has 1 amide bonds. The highest BCUT2D eigenvalue weighted by molar-refractivity contribution is 6.35. The summed E-state index contributed by atoms with van der Waals surface area (Å²) < 4.78 is 35.0. The van der Waals surface area contributed by atoms with Crippen LogP contribution in [0.3, 0.4) is 0 Å². The third kappa shape index (κ3) is 4.64. The Labute approximate surface area is 185 Å². The number of halogens is 3. The molecule has 1 N–H and O–H groups in total. The number of nitrogens with one attached hydrogen (secondary N) is 1. The number of rotatable bonds is 7. The number of benzene rings is 1. The second-order valence-electron chi connectivity index (χ2n) is 7.04. The first-order valence-corrected chi connectivity index (χ1v) is 9.75. The predicted molar refractivity (Wildman–Crippen MR) is 111 cm³/mol. The molecular weight excluding hydrogens is 446 g/mol. The van der Waals surface area contributed by atoms with Gasteiger partial charge in [0.05, 0.1) is 22.7 Å². The fourth-order valence-electron chi connectivity index (χ4n) is 2.99. The Kier molecular flexibility index (Phi) is 5.70. The van der Waals surface area contributed by atoms with Gasteiger partial charge in [0, 0.05) is 7.05 Å². The van der Waals surface area contributed by atoms with E-state index in [0.29, 0.717) is 34.6 Å². The number of amides is 1. The van der Waals surface area contributed by atoms with Gasteiger partial charge in [-0.25, -0.2) is 23.0 Å². The number of anilines is 1. The van der Waals surface area contributed by atoms with Gasteiger partial charge in [0.25, 0.3) is 11.9 Å². The van der Waals surface area contributed by atoms with Crippen LogP contribution in [0.2, 0.25) is 5.02 Å². The van der Waals surface area contributed by atoms with Crippen LogP contribution in [0.5, 0.6) is 6.01 Å². The highest BCUT2D eigenvalue weighted by atomic mass is 35.5. The van der Waals surface area contributed by atoms with Crippen LogP contribution in [0.4, 0.5) is 14.6 Å². The lowest BCUT2D eigenvalue weighted by Crippen LogP contribution is -2.22. The molecule has 0 radical (unpaired) electrons. The van der Waals surface area contributed by atoms with Gasteiger partial charge in [-0.1, -0.05) is 28.8 Å². The molecule has 10 nitrogen and oxygen atoms in total. The molecule has 0 aliphatic heterocycles. The highest BCUT2D eigenvalue weighted by Crippen LogP contribution is 2.30. The Morgan fingerprint density at radius 3 is 2.72 bits per heavy atom. The predicted octanol–water partition coefficient (Wildman–Crippen LogP) is 3.16. The smallest absolute Gasteiger partial charge is 0.305 e. The summed E-state index contributed by atoms with van der Waals surface area (Å²) in [5.41, 5.74) is 1.58. The summed E-state index contributed by atoms with van der Waals surface area (Å²) in [4.78, 5) is 20.4. The van der Waals surface area contributed by atoms with Crippen molar-refractivity contribution in [1.82, 2.24) is 34.7 Å². The Hall–Kier alpha value is -3.67. The third-order valence-corrected chi connectivity index (χ3v) is 4.60. The van der Waals surface area contributed by atoms with Crippen molar-refractivity contribution in [2.45, 2.75) is 25.9 Å². The van der Waals surface area contributed by atoms with E-state index in [1.807, 2.05) is 0 Å². The topological polar surface area (TPSA) is 113 Å². The zero-order valence-corrected chi connectivity index (χ0v) is 17.7. The lowest BCUT2D eigenvalue weighted by Gasteiger charge is -2.11. The maximum Gasteiger partial charge on any atom is 0.305 e. The molecule has 3 aromatic heterocycles. The number of hydrogen-bond acceptors (Lipinski definition) is 7. The summed E-state index contributed by atoms with van der Waals surface area (Å²) in [6.45, 7) is 0.648. The minimum absolute atomic E-state index is 0.0279. The summed E-state index contributed by atoms with van der Waals surface area (Å²) in [6, 6.07) is 10.2. The number of aryl methyl sites for hydroxylation is 1. The van der Waals surface area contributed by atoms with Crippen molar-refractivity contribution in [3.8, 4) is 12.0 Å². The van der Waals surface area contributed by atoms with Gasteiger partial charge in [-0.05, 0) is 41.6 Å². The van der Waals surface area contributed by atoms with Crippen LogP contribution in [-0.2, 0) is 18.4 Å². The number of imidazole rings is 1. The SMILES string of the molecule is Cn1nnnc1-n1c(OCc2cccc(NC(=O)CC(C)(F)F)n2)nc2c(Cl)cccc21. The fraction of sp³-hybridized carbons (Fsp3) is 0.263. The molecule has 0 aliphatic rings. The van der Waals surface area contributed by atoms with Crippen molar-refractivity contribution in [3.63, 3.8) is 0 Å². The average Bonchev–Trinajstić information content (AvgIpc) is 3.28. The Morgan fingerprint density at radius 2 is 2.00 bits per heavy atom. The number of nitrogens with zero attached hydrogens (tertiary/aromatic N) is 7. The van der Waals surface area contributed by atoms with E-state index in [-0.39, 0.29) is 18.4 Å². The van der Waals surface area contributed by atoms with E-state index < -0.39 is 18.3 Å². The zero-order chi connectivity index (χ0) is 22.9. The first-order valence-electron chi connectivity index (χ1n) is 9.37. The minimum Gasteiger partial charge on any atom is -0.458 e. The Bertz CT molecular complexity index is 1280. The molecule has 3 heterocycles. The molecule has 0 spiro atoms. The minimum atomic E-state index is -3.11. The van der Waals surface area contributed by atoms with Gasteiger partial charge in [0.1, 0.15) is 17.9 Å². The molecule has 1 aromatic carbocycles. The number of pyridine rings is 1. The van der Waals surface area contributed by atoms with Crippen molar-refractivity contribution in [2.75, 3.05) is 5.32 Å². The van der Waals surface area contributed by atoms with E-state index in [9.17, 15) is 13.6 Å². The number of carbonyl (C=O) groups excluding carboxylic acids is 1. The van der Waals surface area contributed by atoms with E-state index in [2.05, 4.69) is 30.8 Å². The molecule has 13 heteroatoms. The van der Waals surface area contributed by atoms with Crippen molar-refractivity contribution < 1.29 is 18.3 Å². The molecular formula is C19H17ClF2N8O2. The number of aromatic nitrogens is 7. The van der Waals surface area contributed by atoms with E-state index in [1.54, 1.807) is 41.9 Å². The molecule has 0 saturated heterocycles. The van der Waals surface area contributed by atoms with Crippen molar-refractivity contribution in [3.05, 3.63) is 47.1 Å². The molecule has 4 rings (SSSR count). The average molecular weight is 463 g/mol. The largest absolute Gasteiger partial charge is 0.458 e. The van der Waals surface area contributed by atoms with Gasteiger partial charge in [0.15, 0.2) is 0 Å². The van der Waals surface area contributed by atoms with Gasteiger partial charge >= 0.3 is 6.01 Å². The van der Waals surface area contributed by atoms with Gasteiger partial charge in [0.2, 0.25) is 5.91 Å². The van der Waals surface area contributed by atoms with Crippen LogP contribution in [0.15, 0.2) is 36.4 Å². The van der Waals surface area contributed by atoms with Crippen LogP contribution in [0.1, 0.15) is 19.0 Å². The summed E-state index contributed by atoms with van der Waals surface area (Å²) in [5, 5.41) is 14.3. The van der Waals surface area contributed by atoms with Crippen molar-refractivity contribution >= 4 is 34.4 Å². The molecule has 32 heavy (non-hydrogen) atoms. The van der Waals surface area contributed by atoms with Crippen molar-refractivity contribution in [2.24, 2.45) is 7.05 Å². The Balaban J connectivity index is 1.58. The maximum atomic E-state index is 13.0. The van der Waals surface area contributed by atoms with Gasteiger partial charge in [-0.15, -0.1) is 0 Å². The highest BCUT2D eigenvalue weighted by Gasteiger charge is 2.25. The first-order chi connectivity index (χ1) is 15.2. The third-order valence-electron chi connectivity index (χ3n) is 4.30. The fourth-order valence-corrected chi connectivity index (χ4v) is 3.20. The van der Waals surface area contributed by atoms with Gasteiger partial charge < -0.3 is 10.1 Å². The maximum absolute atomic E-state index is 13.0. The number of tetrazole rings is 1. The van der Waals surface area contributed by atoms with Crippen LogP contribution in [0, 0.1) is 0 Å². The molecule has 0 aliphatic carbocycles. The second kappa shape index (κ2) is 8.46. The van der Waals surface area contributed by atoms with Gasteiger partial charge in [-0.2, -0.15) is 4.98 Å². The van der Waals surface area contributed by atoms with Gasteiger partial charge in [-0.3, -0.25) is 4.79 Å². The molecule has 4 aromatic rings. The van der Waals surface area contributed by atoms with E-state index in [0.717, 1.165) is 0 Å². The van der Waals surface area contributed by atoms with Crippen LogP contribution in [0.25, 0.3) is 17.0 Å². The summed E-state index contributed by atoms with van der Waals surface area (Å²) in [5.74, 6) is -3.46. The van der Waals surface area contributed by atoms with E-state index in [4.69, 9.17) is 16.3 Å². The Morgan fingerprint density at radius 1 is 1.22 bits per heavy atom. The first kappa shape index (κ1) is 21.6. The number of fused-ring (bicyclic) bond motifs is 1. The van der Waals surface area contributed by atoms with Crippen LogP contribution in [-0.4, -0.2) is 46.6 Å². The van der Waals surface area contributed by atoms with Crippen LogP contribution >= 0.6 is 11.6 Å². The monoisotopic (exact) mass is 462 g/mol. The zero-order valence-electron chi connectivity index (χ0n) is 17.0. The van der Waals surface area contributed by atoms with E-state index >= 15 is 0 Å². The normalized spacial score (nSPS) is 11.7. The number of para-hydroxylation sites is 1. The lowest BCUT2D eigenvalue weighted by atomic mass is 10.2. The summed E-state index contributed by atoms with van der Waals surface area (Å²) in [6.07, 6.45) is -0.939.